The predicted molar refractivity (Wildman–Crippen MR) is 70.5 cm³/mol. The second-order valence-corrected chi connectivity index (χ2v) is 4.93. The summed E-state index contributed by atoms with van der Waals surface area (Å²) in [6.45, 7) is 5.77. The van der Waals surface area contributed by atoms with Crippen molar-refractivity contribution in [2.75, 3.05) is 25.0 Å². The molecule has 0 spiro atoms. The molecule has 1 aliphatic rings. The Balaban J connectivity index is 2.01. The number of nitrogens with zero attached hydrogens (tertiary/aromatic N) is 3. The van der Waals surface area contributed by atoms with E-state index in [2.05, 4.69) is 20.2 Å². The Labute approximate surface area is 108 Å². The minimum atomic E-state index is 0.114. The van der Waals surface area contributed by atoms with Gasteiger partial charge in [-0.05, 0) is 32.3 Å². The minimum absolute atomic E-state index is 0.114. The van der Waals surface area contributed by atoms with Crippen LogP contribution < -0.4 is 10.2 Å². The summed E-state index contributed by atoms with van der Waals surface area (Å²) < 4.78 is 0. The van der Waals surface area contributed by atoms with Crippen molar-refractivity contribution >= 4 is 11.9 Å². The number of carbonyl (C=O) groups excluding carboxylic acids is 1. The van der Waals surface area contributed by atoms with E-state index < -0.39 is 0 Å². The Bertz CT molecular complexity index is 426. The number of rotatable bonds is 3. The molecule has 1 amide bonds. The maximum Gasteiger partial charge on any atom is 0.225 e. The van der Waals surface area contributed by atoms with Crippen LogP contribution in [0.3, 0.4) is 0 Å². The molecule has 1 aliphatic heterocycles. The SMILES string of the molecule is CNC(=O)CC1CCN(c2nc(C)cc(C)n2)C1. The third kappa shape index (κ3) is 2.97. The third-order valence-electron chi connectivity index (χ3n) is 3.29. The number of aromatic nitrogens is 2. The average molecular weight is 248 g/mol. The maximum atomic E-state index is 11.4. The van der Waals surface area contributed by atoms with Crippen LogP contribution in [0.5, 0.6) is 0 Å². The van der Waals surface area contributed by atoms with Gasteiger partial charge in [0.2, 0.25) is 11.9 Å². The first-order valence-corrected chi connectivity index (χ1v) is 6.36. The van der Waals surface area contributed by atoms with Crippen molar-refractivity contribution < 1.29 is 4.79 Å². The molecule has 0 aliphatic carbocycles. The smallest absolute Gasteiger partial charge is 0.225 e. The number of anilines is 1. The van der Waals surface area contributed by atoms with Crippen LogP contribution in [0.2, 0.25) is 0 Å². The molecule has 98 valence electrons. The molecule has 18 heavy (non-hydrogen) atoms. The Morgan fingerprint density at radius 3 is 2.72 bits per heavy atom. The van der Waals surface area contributed by atoms with Crippen molar-refractivity contribution in [2.45, 2.75) is 26.7 Å². The van der Waals surface area contributed by atoms with E-state index in [-0.39, 0.29) is 5.91 Å². The van der Waals surface area contributed by atoms with Gasteiger partial charge in [-0.1, -0.05) is 0 Å². The maximum absolute atomic E-state index is 11.4. The fraction of sp³-hybridized carbons (Fsp3) is 0.615. The van der Waals surface area contributed by atoms with E-state index in [1.807, 2.05) is 19.9 Å². The molecule has 1 N–H and O–H groups in total. The lowest BCUT2D eigenvalue weighted by Gasteiger charge is -2.17. The zero-order valence-corrected chi connectivity index (χ0v) is 11.2. The molecule has 1 saturated heterocycles. The highest BCUT2D eigenvalue weighted by atomic mass is 16.1. The van der Waals surface area contributed by atoms with E-state index in [0.29, 0.717) is 12.3 Å². The zero-order valence-electron chi connectivity index (χ0n) is 11.2. The third-order valence-corrected chi connectivity index (χ3v) is 3.29. The summed E-state index contributed by atoms with van der Waals surface area (Å²) in [5.41, 5.74) is 1.99. The van der Waals surface area contributed by atoms with Crippen LogP contribution in [-0.2, 0) is 4.79 Å². The second-order valence-electron chi connectivity index (χ2n) is 4.93. The molecule has 0 radical (unpaired) electrons. The average Bonchev–Trinajstić information content (AvgIpc) is 2.76. The van der Waals surface area contributed by atoms with Gasteiger partial charge in [0.15, 0.2) is 0 Å². The van der Waals surface area contributed by atoms with Crippen LogP contribution >= 0.6 is 0 Å². The van der Waals surface area contributed by atoms with E-state index in [0.717, 1.165) is 36.8 Å². The summed E-state index contributed by atoms with van der Waals surface area (Å²) in [7, 11) is 1.68. The van der Waals surface area contributed by atoms with Gasteiger partial charge in [0.1, 0.15) is 0 Å². The number of hydrogen-bond donors (Lipinski definition) is 1. The van der Waals surface area contributed by atoms with Gasteiger partial charge in [-0.15, -0.1) is 0 Å². The molecule has 0 bridgehead atoms. The van der Waals surface area contributed by atoms with Crippen molar-refractivity contribution in [3.63, 3.8) is 0 Å². The topological polar surface area (TPSA) is 58.1 Å². The lowest BCUT2D eigenvalue weighted by atomic mass is 10.1. The predicted octanol–water partition coefficient (Wildman–Crippen LogP) is 1.06. The summed E-state index contributed by atoms with van der Waals surface area (Å²) >= 11 is 0. The fourth-order valence-electron chi connectivity index (χ4n) is 2.39. The number of nitrogens with one attached hydrogen (secondary N) is 1. The van der Waals surface area contributed by atoms with Crippen molar-refractivity contribution in [1.29, 1.82) is 0 Å². The van der Waals surface area contributed by atoms with Crippen molar-refractivity contribution in [3.8, 4) is 0 Å². The van der Waals surface area contributed by atoms with E-state index in [4.69, 9.17) is 0 Å². The van der Waals surface area contributed by atoms with E-state index >= 15 is 0 Å². The molecule has 5 nitrogen and oxygen atoms in total. The Hall–Kier alpha value is -1.65. The molecular formula is C13H20N4O. The molecule has 2 rings (SSSR count). The summed E-state index contributed by atoms with van der Waals surface area (Å²) in [5.74, 6) is 1.32. The lowest BCUT2D eigenvalue weighted by molar-refractivity contribution is -0.121. The molecule has 1 aromatic heterocycles. The Morgan fingerprint density at radius 1 is 1.44 bits per heavy atom. The number of amides is 1. The standard InChI is InChI=1S/C13H20N4O/c1-9-6-10(2)16-13(15-9)17-5-4-11(8-17)7-12(18)14-3/h6,11H,4-5,7-8H2,1-3H3,(H,14,18). The van der Waals surface area contributed by atoms with Crippen LogP contribution in [0.4, 0.5) is 5.95 Å². The van der Waals surface area contributed by atoms with Gasteiger partial charge >= 0.3 is 0 Å². The van der Waals surface area contributed by atoms with E-state index in [1.165, 1.54) is 0 Å². The monoisotopic (exact) mass is 248 g/mol. The first-order valence-electron chi connectivity index (χ1n) is 6.36. The van der Waals surface area contributed by atoms with Gasteiger partial charge in [0.05, 0.1) is 0 Å². The van der Waals surface area contributed by atoms with Gasteiger partial charge in [0, 0.05) is 37.9 Å². The van der Waals surface area contributed by atoms with Crippen LogP contribution in [0.1, 0.15) is 24.2 Å². The summed E-state index contributed by atoms with van der Waals surface area (Å²) in [4.78, 5) is 22.5. The van der Waals surface area contributed by atoms with Gasteiger partial charge in [-0.25, -0.2) is 9.97 Å². The van der Waals surface area contributed by atoms with Gasteiger partial charge < -0.3 is 10.2 Å². The first-order chi connectivity index (χ1) is 8.58. The normalized spacial score (nSPS) is 19.1. The van der Waals surface area contributed by atoms with Gasteiger partial charge in [-0.3, -0.25) is 4.79 Å². The summed E-state index contributed by atoms with van der Waals surface area (Å²) in [6.07, 6.45) is 1.63. The Kier molecular flexibility index (Phi) is 3.79. The molecular weight excluding hydrogens is 228 g/mol. The van der Waals surface area contributed by atoms with Crippen LogP contribution in [0.15, 0.2) is 6.07 Å². The molecule has 0 aromatic carbocycles. The highest BCUT2D eigenvalue weighted by Gasteiger charge is 2.26. The quantitative estimate of drug-likeness (QED) is 0.869. The van der Waals surface area contributed by atoms with Crippen LogP contribution in [0, 0.1) is 19.8 Å². The summed E-state index contributed by atoms with van der Waals surface area (Å²) in [5, 5.41) is 2.68. The number of aryl methyl sites for hydroxylation is 2. The van der Waals surface area contributed by atoms with Crippen LogP contribution in [-0.4, -0.2) is 36.0 Å². The molecule has 5 heteroatoms. The second kappa shape index (κ2) is 5.33. The molecule has 1 atom stereocenters. The van der Waals surface area contributed by atoms with Crippen LogP contribution in [0.25, 0.3) is 0 Å². The summed E-state index contributed by atoms with van der Waals surface area (Å²) in [6, 6.07) is 1.97. The van der Waals surface area contributed by atoms with E-state index in [9.17, 15) is 4.79 Å². The molecule has 1 aromatic rings. The number of carbonyl (C=O) groups is 1. The van der Waals surface area contributed by atoms with Gasteiger partial charge in [0.25, 0.3) is 0 Å². The fourth-order valence-corrected chi connectivity index (χ4v) is 2.39. The van der Waals surface area contributed by atoms with Crippen molar-refractivity contribution in [1.82, 2.24) is 15.3 Å². The molecule has 1 fully saturated rings. The van der Waals surface area contributed by atoms with Gasteiger partial charge in [-0.2, -0.15) is 0 Å². The highest BCUT2D eigenvalue weighted by molar-refractivity contribution is 5.75. The zero-order chi connectivity index (χ0) is 13.1. The first kappa shape index (κ1) is 12.8. The molecule has 0 saturated carbocycles. The van der Waals surface area contributed by atoms with E-state index in [1.54, 1.807) is 7.05 Å². The number of hydrogen-bond acceptors (Lipinski definition) is 4. The molecule has 1 unspecified atom stereocenters. The Morgan fingerprint density at radius 2 is 2.11 bits per heavy atom. The lowest BCUT2D eigenvalue weighted by Crippen LogP contribution is -2.25. The van der Waals surface area contributed by atoms with Crippen molar-refractivity contribution in [3.05, 3.63) is 17.5 Å². The minimum Gasteiger partial charge on any atom is -0.359 e. The largest absolute Gasteiger partial charge is 0.359 e. The van der Waals surface area contributed by atoms with Crippen molar-refractivity contribution in [2.24, 2.45) is 5.92 Å². The molecule has 2 heterocycles. The highest BCUT2D eigenvalue weighted by Crippen LogP contribution is 2.23.